The number of ether oxygens (including phenoxy) is 1. The third-order valence-electron chi connectivity index (χ3n) is 3.26. The number of hydrogen-bond acceptors (Lipinski definition) is 5. The smallest absolute Gasteiger partial charge is 0.367 e. The highest BCUT2D eigenvalue weighted by Gasteiger charge is 2.49. The third kappa shape index (κ3) is 2.55. The van der Waals surface area contributed by atoms with E-state index in [1.807, 2.05) is 0 Å². The predicted molar refractivity (Wildman–Crippen MR) is 68.4 cm³/mol. The van der Waals surface area contributed by atoms with Gasteiger partial charge in [0, 0.05) is 19.9 Å². The lowest BCUT2D eigenvalue weighted by Gasteiger charge is -2.29. The monoisotopic (exact) mass is 277 g/mol. The topological polar surface area (TPSA) is 83.9 Å². The lowest BCUT2D eigenvalue weighted by molar-refractivity contribution is -0.181. The van der Waals surface area contributed by atoms with E-state index in [0.717, 1.165) is 4.90 Å². The fourth-order valence-corrected chi connectivity index (χ4v) is 2.23. The average molecular weight is 277 g/mol. The first-order chi connectivity index (χ1) is 9.45. The van der Waals surface area contributed by atoms with Gasteiger partial charge in [0.15, 0.2) is 0 Å². The molecule has 0 bridgehead atoms. The zero-order chi connectivity index (χ0) is 14.8. The molecule has 1 atom stereocenters. The van der Waals surface area contributed by atoms with Crippen LogP contribution >= 0.6 is 0 Å². The maximum absolute atomic E-state index is 12.0. The van der Waals surface area contributed by atoms with Crippen molar-refractivity contribution in [1.29, 1.82) is 0 Å². The van der Waals surface area contributed by atoms with E-state index in [0.29, 0.717) is 6.42 Å². The zero-order valence-corrected chi connectivity index (χ0v) is 11.0. The van der Waals surface area contributed by atoms with Gasteiger partial charge in [-0.2, -0.15) is 0 Å². The van der Waals surface area contributed by atoms with Crippen molar-refractivity contribution in [3.05, 3.63) is 35.9 Å². The molecule has 1 N–H and O–H groups in total. The van der Waals surface area contributed by atoms with Crippen LogP contribution in [0.4, 0.5) is 0 Å². The van der Waals surface area contributed by atoms with Crippen molar-refractivity contribution in [1.82, 2.24) is 4.90 Å². The van der Waals surface area contributed by atoms with Crippen LogP contribution in [-0.4, -0.2) is 40.1 Å². The molecule has 1 aliphatic heterocycles. The van der Waals surface area contributed by atoms with Crippen molar-refractivity contribution in [3.63, 3.8) is 0 Å². The second kappa shape index (κ2) is 5.42. The van der Waals surface area contributed by atoms with Gasteiger partial charge in [-0.15, -0.1) is 0 Å². The van der Waals surface area contributed by atoms with Crippen LogP contribution < -0.4 is 0 Å². The predicted octanol–water partition coefficient (Wildman–Crippen LogP) is 0.701. The Morgan fingerprint density at radius 3 is 2.50 bits per heavy atom. The number of rotatable bonds is 2. The van der Waals surface area contributed by atoms with Crippen molar-refractivity contribution < 1.29 is 24.2 Å². The Bertz CT molecular complexity index is 542. The number of nitrogens with zero attached hydrogens (tertiary/aromatic N) is 1. The van der Waals surface area contributed by atoms with Crippen molar-refractivity contribution in [2.24, 2.45) is 0 Å². The first-order valence-electron chi connectivity index (χ1n) is 6.27. The molecule has 1 heterocycles. The third-order valence-corrected chi connectivity index (χ3v) is 3.26. The number of hydrogen-bond donors (Lipinski definition) is 1. The highest BCUT2D eigenvalue weighted by atomic mass is 16.6. The van der Waals surface area contributed by atoms with Gasteiger partial charge in [-0.1, -0.05) is 18.2 Å². The number of carbonyl (C=O) groups is 3. The summed E-state index contributed by atoms with van der Waals surface area (Å²) in [4.78, 5) is 36.2. The molecule has 0 aromatic heterocycles. The summed E-state index contributed by atoms with van der Waals surface area (Å²) >= 11 is 0. The van der Waals surface area contributed by atoms with E-state index < -0.39 is 23.6 Å². The molecule has 6 nitrogen and oxygen atoms in total. The number of benzene rings is 1. The van der Waals surface area contributed by atoms with Gasteiger partial charge in [-0.25, -0.2) is 9.59 Å². The molecule has 1 aromatic carbocycles. The number of esters is 2. The minimum atomic E-state index is -2.05. The van der Waals surface area contributed by atoms with E-state index in [4.69, 9.17) is 0 Å². The Balaban J connectivity index is 2.12. The molecule has 1 aromatic rings. The fraction of sp³-hybridized carbons (Fsp3) is 0.357. The summed E-state index contributed by atoms with van der Waals surface area (Å²) in [6.07, 6.45) is 0.540. The lowest BCUT2D eigenvalue weighted by atomic mass is 10.1. The van der Waals surface area contributed by atoms with E-state index in [1.54, 1.807) is 18.2 Å². The molecule has 0 spiro atoms. The SMILES string of the molecule is CC(=O)N1CCC[C@@]1(O)C(=O)OC(=O)c1ccccc1. The van der Waals surface area contributed by atoms with Crippen molar-refractivity contribution >= 4 is 17.8 Å². The van der Waals surface area contributed by atoms with Crippen LogP contribution in [0.5, 0.6) is 0 Å². The largest absolute Gasteiger partial charge is 0.386 e. The van der Waals surface area contributed by atoms with Gasteiger partial charge in [-0.05, 0) is 18.6 Å². The van der Waals surface area contributed by atoms with E-state index in [1.165, 1.54) is 19.1 Å². The maximum atomic E-state index is 12.0. The van der Waals surface area contributed by atoms with Crippen LogP contribution in [0.2, 0.25) is 0 Å². The first-order valence-corrected chi connectivity index (χ1v) is 6.27. The van der Waals surface area contributed by atoms with Gasteiger partial charge >= 0.3 is 11.9 Å². The van der Waals surface area contributed by atoms with Crippen LogP contribution in [0.15, 0.2) is 30.3 Å². The molecule has 0 radical (unpaired) electrons. The van der Waals surface area contributed by atoms with Gasteiger partial charge in [0.2, 0.25) is 11.6 Å². The summed E-state index contributed by atoms with van der Waals surface area (Å²) in [7, 11) is 0. The summed E-state index contributed by atoms with van der Waals surface area (Å²) in [5.74, 6) is -2.40. The van der Waals surface area contributed by atoms with E-state index in [-0.39, 0.29) is 18.5 Å². The molecule has 0 saturated carbocycles. The Hall–Kier alpha value is -2.21. The second-order valence-corrected chi connectivity index (χ2v) is 4.63. The summed E-state index contributed by atoms with van der Waals surface area (Å²) < 4.78 is 4.68. The van der Waals surface area contributed by atoms with E-state index >= 15 is 0 Å². The average Bonchev–Trinajstić information content (AvgIpc) is 2.83. The molecule has 0 aliphatic carbocycles. The van der Waals surface area contributed by atoms with Crippen molar-refractivity contribution in [2.75, 3.05) is 6.54 Å². The first kappa shape index (κ1) is 14.2. The van der Waals surface area contributed by atoms with Crippen LogP contribution in [0.25, 0.3) is 0 Å². The fourth-order valence-electron chi connectivity index (χ4n) is 2.23. The minimum Gasteiger partial charge on any atom is -0.386 e. The summed E-state index contributed by atoms with van der Waals surface area (Å²) in [5.41, 5.74) is -1.84. The normalized spacial score (nSPS) is 21.6. The summed E-state index contributed by atoms with van der Waals surface area (Å²) in [6.45, 7) is 1.52. The Morgan fingerprint density at radius 1 is 1.25 bits per heavy atom. The van der Waals surface area contributed by atoms with Crippen LogP contribution in [-0.2, 0) is 14.3 Å². The van der Waals surface area contributed by atoms with Gasteiger partial charge < -0.3 is 14.7 Å². The molecule has 2 rings (SSSR count). The van der Waals surface area contributed by atoms with Crippen LogP contribution in [0.1, 0.15) is 30.1 Å². The van der Waals surface area contributed by atoms with Crippen LogP contribution in [0.3, 0.4) is 0 Å². The lowest BCUT2D eigenvalue weighted by Crippen LogP contribution is -2.53. The molecule has 0 unspecified atom stereocenters. The number of amides is 1. The Kier molecular flexibility index (Phi) is 3.85. The molecular weight excluding hydrogens is 262 g/mol. The zero-order valence-electron chi connectivity index (χ0n) is 11.0. The molecule has 106 valence electrons. The van der Waals surface area contributed by atoms with Crippen molar-refractivity contribution in [3.8, 4) is 0 Å². The van der Waals surface area contributed by atoms with Gasteiger partial charge in [0.05, 0.1) is 5.56 Å². The molecule has 6 heteroatoms. The second-order valence-electron chi connectivity index (χ2n) is 4.63. The number of carbonyl (C=O) groups excluding carboxylic acids is 3. The van der Waals surface area contributed by atoms with Gasteiger partial charge in [0.25, 0.3) is 0 Å². The summed E-state index contributed by atoms with van der Waals surface area (Å²) in [5, 5.41) is 10.3. The van der Waals surface area contributed by atoms with Gasteiger partial charge in [-0.3, -0.25) is 4.79 Å². The van der Waals surface area contributed by atoms with E-state index in [2.05, 4.69) is 4.74 Å². The van der Waals surface area contributed by atoms with Crippen LogP contribution in [0, 0.1) is 0 Å². The van der Waals surface area contributed by atoms with Crippen molar-refractivity contribution in [2.45, 2.75) is 25.5 Å². The number of likely N-dealkylation sites (tertiary alicyclic amines) is 1. The molecule has 1 fully saturated rings. The van der Waals surface area contributed by atoms with E-state index in [9.17, 15) is 19.5 Å². The molecular formula is C14H15NO5. The highest BCUT2D eigenvalue weighted by Crippen LogP contribution is 2.28. The molecule has 1 amide bonds. The minimum absolute atomic E-state index is 0.0630. The maximum Gasteiger partial charge on any atom is 0.367 e. The highest BCUT2D eigenvalue weighted by molar-refractivity contribution is 5.99. The molecule has 20 heavy (non-hydrogen) atoms. The quantitative estimate of drug-likeness (QED) is 0.635. The van der Waals surface area contributed by atoms with Gasteiger partial charge in [0.1, 0.15) is 0 Å². The number of aliphatic hydroxyl groups is 1. The summed E-state index contributed by atoms with van der Waals surface area (Å²) in [6, 6.07) is 7.98. The standard InChI is InChI=1S/C14H15NO5/c1-10(16)15-9-5-8-14(15,19)13(18)20-12(17)11-6-3-2-4-7-11/h2-4,6-7,19H,5,8-9H2,1H3/t14-/m1/s1. The Morgan fingerprint density at radius 2 is 1.90 bits per heavy atom. The molecule has 1 aliphatic rings. The molecule has 1 saturated heterocycles. The Labute approximate surface area is 115 Å².